The Kier molecular flexibility index (Phi) is 5.55. The highest BCUT2D eigenvalue weighted by Gasteiger charge is 2.35. The van der Waals surface area contributed by atoms with Crippen LogP contribution in [0.1, 0.15) is 29.4 Å². The van der Waals surface area contributed by atoms with Gasteiger partial charge in [0.2, 0.25) is 11.8 Å². The second kappa shape index (κ2) is 8.83. The van der Waals surface area contributed by atoms with Crippen molar-refractivity contribution in [1.82, 2.24) is 9.88 Å². The Morgan fingerprint density at radius 2 is 1.65 bits per heavy atom. The van der Waals surface area contributed by atoms with Gasteiger partial charge in [-0.2, -0.15) is 0 Å². The van der Waals surface area contributed by atoms with Gasteiger partial charge in [-0.3, -0.25) is 9.59 Å². The number of fused-ring (bicyclic) bond motifs is 2. The van der Waals surface area contributed by atoms with Crippen molar-refractivity contribution in [3.8, 4) is 23.1 Å². The first-order valence-electron chi connectivity index (χ1n) is 10.9. The third-order valence-electron chi connectivity index (χ3n) is 5.75. The maximum atomic E-state index is 12.2. The second-order valence-corrected chi connectivity index (χ2v) is 8.05. The van der Waals surface area contributed by atoms with E-state index in [-0.39, 0.29) is 23.6 Å². The summed E-state index contributed by atoms with van der Waals surface area (Å²) in [6, 6.07) is 20.2. The number of carbonyl (C=O) groups is 2. The molecular weight excluding hydrogens is 428 g/mol. The molecule has 0 radical (unpaired) electrons. The number of ketones is 1. The topological polar surface area (TPSA) is 68.7 Å². The van der Waals surface area contributed by atoms with E-state index < -0.39 is 0 Å². The first-order chi connectivity index (χ1) is 16.5. The minimum Gasteiger partial charge on any atom is -0.457 e. The fourth-order valence-electron chi connectivity index (χ4n) is 4.09. The molecule has 2 aromatic carbocycles. The summed E-state index contributed by atoms with van der Waals surface area (Å²) >= 11 is 0. The number of benzene rings is 2. The highest BCUT2D eigenvalue weighted by Crippen LogP contribution is 2.41. The number of hydrogen-bond acceptors (Lipinski definition) is 5. The van der Waals surface area contributed by atoms with Crippen molar-refractivity contribution >= 4 is 17.3 Å². The predicted octanol–water partition coefficient (Wildman–Crippen LogP) is 5.94. The fraction of sp³-hybridized carbons (Fsp3) is 0.107. The van der Waals surface area contributed by atoms with Gasteiger partial charge in [0.15, 0.2) is 5.78 Å². The Morgan fingerprint density at radius 1 is 0.971 bits per heavy atom. The van der Waals surface area contributed by atoms with Gasteiger partial charge in [-0.05, 0) is 73.5 Å². The van der Waals surface area contributed by atoms with Crippen LogP contribution < -0.4 is 9.47 Å². The molecule has 34 heavy (non-hydrogen) atoms. The van der Waals surface area contributed by atoms with E-state index in [0.717, 1.165) is 23.3 Å². The highest BCUT2D eigenvalue weighted by molar-refractivity contribution is 5.97. The van der Waals surface area contributed by atoms with E-state index in [4.69, 9.17) is 9.47 Å². The molecule has 0 saturated heterocycles. The molecule has 1 aliphatic heterocycles. The van der Waals surface area contributed by atoms with Gasteiger partial charge in [-0.15, -0.1) is 0 Å². The minimum atomic E-state index is -0.137. The number of rotatable bonds is 7. The van der Waals surface area contributed by atoms with Crippen molar-refractivity contribution in [2.45, 2.75) is 19.4 Å². The Bertz CT molecular complexity index is 1340. The molecule has 1 unspecified atom stereocenters. The first-order valence-corrected chi connectivity index (χ1v) is 10.9. The highest BCUT2D eigenvalue weighted by atomic mass is 16.5. The summed E-state index contributed by atoms with van der Waals surface area (Å²) in [5.41, 5.74) is 3.07. The molecule has 2 bridgehead atoms. The molecule has 3 aromatic rings. The normalized spacial score (nSPS) is 16.0. The third-order valence-corrected chi connectivity index (χ3v) is 5.75. The maximum Gasteiger partial charge on any atom is 0.250 e. The van der Waals surface area contributed by atoms with E-state index in [1.54, 1.807) is 35.2 Å². The van der Waals surface area contributed by atoms with Crippen LogP contribution in [-0.2, 0) is 4.79 Å². The molecule has 0 spiro atoms. The van der Waals surface area contributed by atoms with Crippen molar-refractivity contribution in [2.75, 3.05) is 0 Å². The van der Waals surface area contributed by atoms with Gasteiger partial charge in [-0.1, -0.05) is 30.9 Å². The molecule has 6 heteroatoms. The number of pyridine rings is 1. The summed E-state index contributed by atoms with van der Waals surface area (Å²) in [5, 5.41) is 0. The van der Waals surface area contributed by atoms with E-state index in [0.29, 0.717) is 22.8 Å². The van der Waals surface area contributed by atoms with Crippen molar-refractivity contribution in [3.63, 3.8) is 0 Å². The van der Waals surface area contributed by atoms with Gasteiger partial charge in [-0.25, -0.2) is 4.98 Å². The smallest absolute Gasteiger partial charge is 0.250 e. The first kappa shape index (κ1) is 21.4. The zero-order chi connectivity index (χ0) is 23.7. The minimum absolute atomic E-state index is 0.0358. The molecule has 1 aliphatic carbocycles. The van der Waals surface area contributed by atoms with Crippen LogP contribution in [0.2, 0.25) is 0 Å². The largest absolute Gasteiger partial charge is 0.457 e. The molecule has 2 aliphatic rings. The van der Waals surface area contributed by atoms with Gasteiger partial charge in [0, 0.05) is 11.8 Å². The molecule has 1 amide bonds. The molecule has 5 rings (SSSR count). The lowest BCUT2D eigenvalue weighted by Gasteiger charge is -2.20. The Balaban J connectivity index is 1.38. The van der Waals surface area contributed by atoms with E-state index >= 15 is 0 Å². The SMILES string of the molecule is C=CC(=O)N1C=C2CC1C=C2c1ccc(C(C)=O)c(Oc2ccc(Oc3ccccc3)cc2)n1. The molecule has 6 nitrogen and oxygen atoms in total. The number of ether oxygens (including phenoxy) is 2. The zero-order valence-corrected chi connectivity index (χ0v) is 18.6. The molecule has 1 aromatic heterocycles. The average molecular weight is 450 g/mol. The lowest BCUT2D eigenvalue weighted by atomic mass is 10.1. The van der Waals surface area contributed by atoms with Gasteiger partial charge >= 0.3 is 0 Å². The van der Waals surface area contributed by atoms with E-state index in [9.17, 15) is 9.59 Å². The number of aromatic nitrogens is 1. The molecule has 1 atom stereocenters. The van der Waals surface area contributed by atoms with E-state index in [2.05, 4.69) is 11.6 Å². The number of amides is 1. The molecular formula is C28H22N2O4. The van der Waals surface area contributed by atoms with Gasteiger partial charge < -0.3 is 14.4 Å². The van der Waals surface area contributed by atoms with E-state index in [1.165, 1.54) is 13.0 Å². The summed E-state index contributed by atoms with van der Waals surface area (Å²) in [4.78, 5) is 30.5. The summed E-state index contributed by atoms with van der Waals surface area (Å²) in [6.45, 7) is 5.04. The Labute approximate surface area is 197 Å². The van der Waals surface area contributed by atoms with Crippen LogP contribution >= 0.6 is 0 Å². The molecule has 168 valence electrons. The van der Waals surface area contributed by atoms with Crippen LogP contribution in [-0.4, -0.2) is 27.6 Å². The summed E-state index contributed by atoms with van der Waals surface area (Å²) < 4.78 is 11.8. The number of allylic oxidation sites excluding steroid dienone is 1. The fourth-order valence-corrected chi connectivity index (χ4v) is 4.09. The van der Waals surface area contributed by atoms with Crippen molar-refractivity contribution in [1.29, 1.82) is 0 Å². The quantitative estimate of drug-likeness (QED) is 0.329. The van der Waals surface area contributed by atoms with Gasteiger partial charge in [0.25, 0.3) is 0 Å². The number of para-hydroxylation sites is 1. The summed E-state index contributed by atoms with van der Waals surface area (Å²) in [5.74, 6) is 1.93. The maximum absolute atomic E-state index is 12.2. The van der Waals surface area contributed by atoms with Crippen LogP contribution in [0, 0.1) is 0 Å². The number of nitrogens with zero attached hydrogens (tertiary/aromatic N) is 2. The third kappa shape index (κ3) is 4.13. The monoisotopic (exact) mass is 450 g/mol. The standard InChI is InChI=1S/C28H22N2O4/c1-3-27(32)30-17-19-15-20(30)16-25(19)26-14-13-24(18(2)31)28(29-26)34-23-11-9-22(10-12-23)33-21-7-5-4-6-8-21/h3-14,16-17,20H,1,15H2,2H3. The lowest BCUT2D eigenvalue weighted by molar-refractivity contribution is -0.124. The van der Waals surface area contributed by atoms with E-state index in [1.807, 2.05) is 48.7 Å². The second-order valence-electron chi connectivity index (χ2n) is 8.05. The zero-order valence-electron chi connectivity index (χ0n) is 18.6. The predicted molar refractivity (Wildman–Crippen MR) is 129 cm³/mol. The summed E-state index contributed by atoms with van der Waals surface area (Å²) in [7, 11) is 0. The number of hydrogen-bond donors (Lipinski definition) is 0. The molecule has 2 heterocycles. The molecule has 0 saturated carbocycles. The lowest BCUT2D eigenvalue weighted by Crippen LogP contribution is -2.29. The van der Waals surface area contributed by atoms with Crippen molar-refractivity contribution < 1.29 is 19.1 Å². The summed E-state index contributed by atoms with van der Waals surface area (Å²) in [6.07, 6.45) is 5.92. The van der Waals surface area contributed by atoms with Crippen molar-refractivity contribution in [3.05, 3.63) is 108 Å². The number of Topliss-reactive ketones (excluding diaryl/α,β-unsaturated/α-hetero) is 1. The van der Waals surface area contributed by atoms with Crippen LogP contribution in [0.3, 0.4) is 0 Å². The molecule has 0 N–H and O–H groups in total. The Morgan fingerprint density at radius 3 is 2.26 bits per heavy atom. The van der Waals surface area contributed by atoms with Crippen LogP contribution in [0.25, 0.3) is 5.57 Å². The van der Waals surface area contributed by atoms with Gasteiger partial charge in [0.05, 0.1) is 17.3 Å². The average Bonchev–Trinajstić information content (AvgIpc) is 3.47. The number of carbonyl (C=O) groups excluding carboxylic acids is 2. The van der Waals surface area contributed by atoms with Crippen LogP contribution in [0.5, 0.6) is 23.1 Å². The Hall–Kier alpha value is -4.45. The van der Waals surface area contributed by atoms with Crippen molar-refractivity contribution in [2.24, 2.45) is 0 Å². The van der Waals surface area contributed by atoms with Gasteiger partial charge in [0.1, 0.15) is 17.2 Å². The van der Waals surface area contributed by atoms with Crippen LogP contribution in [0.4, 0.5) is 0 Å². The molecule has 0 fully saturated rings. The van der Waals surface area contributed by atoms with Crippen LogP contribution in [0.15, 0.2) is 97.2 Å².